The Morgan fingerprint density at radius 3 is 1.98 bits per heavy atom. The van der Waals surface area contributed by atoms with Gasteiger partial charge in [-0.05, 0) is 97.3 Å². The van der Waals surface area contributed by atoms with E-state index in [-0.39, 0.29) is 0 Å². The van der Waals surface area contributed by atoms with E-state index in [1.807, 2.05) is 48.5 Å². The van der Waals surface area contributed by atoms with Crippen molar-refractivity contribution in [1.29, 1.82) is 0 Å². The molecule has 0 unspecified atom stereocenters. The number of fused-ring (bicyclic) bond motifs is 1. The van der Waals surface area contributed by atoms with Crippen LogP contribution < -0.4 is 19.5 Å². The molecule has 0 spiro atoms. The zero-order valence-electron chi connectivity index (χ0n) is 26.2. The quantitative estimate of drug-likeness (QED) is 0.132. The van der Waals surface area contributed by atoms with Crippen LogP contribution in [0.2, 0.25) is 0 Å². The van der Waals surface area contributed by atoms with Gasteiger partial charge in [0.2, 0.25) is 0 Å². The molecule has 1 aromatic heterocycles. The number of piperidine rings is 1. The zero-order chi connectivity index (χ0) is 30.8. The molecule has 6 rings (SSSR count). The summed E-state index contributed by atoms with van der Waals surface area (Å²) in [4.78, 5) is 26.8. The smallest absolute Gasteiger partial charge is 0.365 e. The van der Waals surface area contributed by atoms with Gasteiger partial charge >= 0.3 is 5.97 Å². The van der Waals surface area contributed by atoms with E-state index in [0.717, 1.165) is 56.8 Å². The molecule has 4 aromatic rings. The van der Waals surface area contributed by atoms with Crippen molar-refractivity contribution in [3.63, 3.8) is 0 Å². The Morgan fingerprint density at radius 1 is 0.756 bits per heavy atom. The topological polar surface area (TPSA) is 76.0 Å². The van der Waals surface area contributed by atoms with Crippen LogP contribution in [-0.2, 0) is 4.74 Å². The zero-order valence-corrected chi connectivity index (χ0v) is 27.0. The van der Waals surface area contributed by atoms with Gasteiger partial charge in [0.15, 0.2) is 0 Å². The molecular weight excluding hydrogens is 584 g/mol. The van der Waals surface area contributed by atoms with Crippen molar-refractivity contribution >= 4 is 45.8 Å². The average Bonchev–Trinajstić information content (AvgIpc) is 3.51. The van der Waals surface area contributed by atoms with E-state index in [1.54, 1.807) is 7.11 Å². The highest BCUT2D eigenvalue weighted by Crippen LogP contribution is 2.29. The summed E-state index contributed by atoms with van der Waals surface area (Å²) >= 11 is 2.19. The normalized spacial score (nSPS) is 16.0. The Morgan fingerprint density at radius 2 is 1.33 bits per heavy atom. The molecule has 9 nitrogen and oxygen atoms in total. The number of thioether (sulfide) groups is 1. The Kier molecular flexibility index (Phi) is 10.8. The fourth-order valence-electron chi connectivity index (χ4n) is 6.18. The maximum Gasteiger partial charge on any atom is 0.365 e. The van der Waals surface area contributed by atoms with E-state index >= 15 is 0 Å². The third kappa shape index (κ3) is 8.10. The molecule has 2 aliphatic heterocycles. The number of carbonyl (C=O) groups is 1. The molecule has 3 heterocycles. The summed E-state index contributed by atoms with van der Waals surface area (Å²) in [5.41, 5.74) is 5.54. The van der Waals surface area contributed by atoms with Crippen LogP contribution in [0.5, 0.6) is 0 Å². The number of ether oxygens (including phenoxy) is 1. The number of para-hydroxylation sites is 1. The number of carbonyl (C=O) groups excluding carboxylic acids is 1. The van der Waals surface area contributed by atoms with Gasteiger partial charge in [-0.3, -0.25) is 0 Å². The van der Waals surface area contributed by atoms with E-state index in [1.165, 1.54) is 60.5 Å². The Labute approximate surface area is 270 Å². The van der Waals surface area contributed by atoms with Crippen LogP contribution in [0.15, 0.2) is 72.8 Å². The first-order valence-electron chi connectivity index (χ1n) is 16.3. The van der Waals surface area contributed by atoms with Crippen molar-refractivity contribution in [3.05, 3.63) is 78.4 Å². The Balaban J connectivity index is 0.923. The van der Waals surface area contributed by atoms with Crippen LogP contribution in [0.3, 0.4) is 0 Å². The van der Waals surface area contributed by atoms with E-state index in [9.17, 15) is 4.79 Å². The van der Waals surface area contributed by atoms with Crippen molar-refractivity contribution in [2.45, 2.75) is 43.8 Å². The lowest BCUT2D eigenvalue weighted by Crippen LogP contribution is -2.46. The van der Waals surface area contributed by atoms with Crippen molar-refractivity contribution in [1.82, 2.24) is 15.2 Å². The minimum Gasteiger partial charge on any atom is -0.385 e. The van der Waals surface area contributed by atoms with Gasteiger partial charge in [0.1, 0.15) is 11.0 Å². The summed E-state index contributed by atoms with van der Waals surface area (Å²) in [7, 11) is 1.79. The van der Waals surface area contributed by atoms with Gasteiger partial charge in [0.25, 0.3) is 0 Å². The number of hydrogen-bond donors (Lipinski definition) is 0. The summed E-state index contributed by atoms with van der Waals surface area (Å²) < 4.78 is 5.15. The van der Waals surface area contributed by atoms with Gasteiger partial charge in [-0.2, -0.15) is 11.8 Å². The second-order valence-electron chi connectivity index (χ2n) is 11.8. The molecule has 2 fully saturated rings. The van der Waals surface area contributed by atoms with Gasteiger partial charge in [-0.25, -0.2) is 4.79 Å². The fraction of sp³-hybridized carbons (Fsp3) is 0.457. The average molecular weight is 629 g/mol. The molecule has 0 aliphatic carbocycles. The molecule has 2 aliphatic rings. The first kappa shape index (κ1) is 31.2. The van der Waals surface area contributed by atoms with Crippen LogP contribution in [0.1, 0.15) is 48.9 Å². The maximum absolute atomic E-state index is 12.7. The van der Waals surface area contributed by atoms with Crippen LogP contribution in [-0.4, -0.2) is 85.1 Å². The van der Waals surface area contributed by atoms with Gasteiger partial charge in [-0.15, -0.1) is 5.10 Å². The monoisotopic (exact) mass is 628 g/mol. The van der Waals surface area contributed by atoms with Crippen molar-refractivity contribution < 1.29 is 14.4 Å². The highest BCUT2D eigenvalue weighted by Gasteiger charge is 2.22. The Bertz CT molecular complexity index is 1500. The van der Waals surface area contributed by atoms with Crippen molar-refractivity contribution in [2.75, 3.05) is 73.4 Å². The number of benzene rings is 3. The van der Waals surface area contributed by atoms with E-state index in [0.29, 0.717) is 16.6 Å². The number of unbranched alkanes of at least 4 members (excludes halogenated alkanes) is 3. The van der Waals surface area contributed by atoms with Gasteiger partial charge in [0.05, 0.1) is 5.56 Å². The van der Waals surface area contributed by atoms with Crippen molar-refractivity contribution in [3.8, 4) is 0 Å². The third-order valence-corrected chi connectivity index (χ3v) is 10.3. The van der Waals surface area contributed by atoms with Gasteiger partial charge < -0.3 is 24.3 Å². The highest BCUT2D eigenvalue weighted by atomic mass is 32.2. The van der Waals surface area contributed by atoms with Crippen LogP contribution in [0.25, 0.3) is 11.0 Å². The summed E-state index contributed by atoms with van der Waals surface area (Å²) in [5.74, 6) is 0.830. The van der Waals surface area contributed by atoms with Crippen LogP contribution in [0, 0.1) is 0 Å². The van der Waals surface area contributed by atoms with Crippen LogP contribution in [0.4, 0.5) is 17.1 Å². The number of methoxy groups -OCH3 is 1. The number of anilines is 3. The first-order chi connectivity index (χ1) is 22.2. The van der Waals surface area contributed by atoms with E-state index in [2.05, 4.69) is 61.0 Å². The summed E-state index contributed by atoms with van der Waals surface area (Å²) in [6.45, 7) is 6.96. The van der Waals surface area contributed by atoms with Gasteiger partial charge in [0, 0.05) is 75.3 Å². The molecule has 3 aromatic carbocycles. The predicted octanol–water partition coefficient (Wildman–Crippen LogP) is 5.94. The summed E-state index contributed by atoms with van der Waals surface area (Å²) in [6.07, 6.45) is 7.69. The molecule has 0 amide bonds. The number of hydrogen-bond acceptors (Lipinski definition) is 9. The lowest BCUT2D eigenvalue weighted by Gasteiger charge is -2.38. The molecule has 0 atom stereocenters. The molecule has 0 bridgehead atoms. The number of nitrogens with zero attached hydrogens (tertiary/aromatic N) is 6. The molecule has 238 valence electrons. The summed E-state index contributed by atoms with van der Waals surface area (Å²) in [6, 6.07) is 24.2. The second-order valence-corrected chi connectivity index (χ2v) is 13.2. The fourth-order valence-corrected chi connectivity index (χ4v) is 7.43. The van der Waals surface area contributed by atoms with E-state index < -0.39 is 5.97 Å². The number of rotatable bonds is 13. The van der Waals surface area contributed by atoms with Crippen molar-refractivity contribution in [2.24, 2.45) is 0 Å². The largest absolute Gasteiger partial charge is 0.385 e. The Hall–Kier alpha value is -3.76. The molecule has 0 N–H and O–H groups in total. The number of piperazine rings is 1. The SMILES string of the molecule is COCCCCCCSC1CCN(c2ccc(N3CCN(c4ccc(C(=O)On5nnc6ccccc65)cc4)CC3)cc2)CC1. The molecule has 10 heteroatoms. The minimum atomic E-state index is -0.464. The first-order valence-corrected chi connectivity index (χ1v) is 17.3. The van der Waals surface area contributed by atoms with Gasteiger partial charge in [-0.1, -0.05) is 29.8 Å². The lowest BCUT2D eigenvalue weighted by molar-refractivity contribution is 0.0409. The second kappa shape index (κ2) is 15.5. The predicted molar refractivity (Wildman–Crippen MR) is 184 cm³/mol. The molecular formula is C35H44N6O3S. The molecule has 2 saturated heterocycles. The molecule has 0 saturated carbocycles. The molecule has 45 heavy (non-hydrogen) atoms. The highest BCUT2D eigenvalue weighted by molar-refractivity contribution is 7.99. The molecule has 0 radical (unpaired) electrons. The summed E-state index contributed by atoms with van der Waals surface area (Å²) in [5, 5.41) is 8.78. The standard InChI is InChI=1S/C35H44N6O3S/c1-43-26-6-2-3-7-27-45-32-18-20-38(21-19-32)30-14-16-31(17-15-30)40-24-22-39(23-25-40)29-12-10-28(11-13-29)35(42)44-41-34-9-5-4-8-33(34)36-37-41/h4-5,8-17,32H,2-3,6-7,18-27H2,1H3. The number of aromatic nitrogens is 3. The van der Waals surface area contributed by atoms with E-state index in [4.69, 9.17) is 9.57 Å². The third-order valence-electron chi connectivity index (χ3n) is 8.86. The lowest BCUT2D eigenvalue weighted by atomic mass is 10.1. The van der Waals surface area contributed by atoms with Crippen LogP contribution >= 0.6 is 11.8 Å². The maximum atomic E-state index is 12.7. The minimum absolute atomic E-state index is 0.464.